The number of hydrogen-bond acceptors (Lipinski definition) is 5. The van der Waals surface area contributed by atoms with Crippen molar-refractivity contribution in [2.24, 2.45) is 0 Å². The second-order valence-electron chi connectivity index (χ2n) is 5.64. The van der Waals surface area contributed by atoms with Crippen LogP contribution in [-0.2, 0) is 0 Å². The first-order valence-corrected chi connectivity index (χ1v) is 7.66. The first kappa shape index (κ1) is 17.2. The highest BCUT2D eigenvalue weighted by Gasteiger charge is 2.16. The van der Waals surface area contributed by atoms with Gasteiger partial charge in [0.15, 0.2) is 0 Å². The van der Waals surface area contributed by atoms with Gasteiger partial charge >= 0.3 is 11.6 Å². The number of hydrogen-bond donors (Lipinski definition) is 2. The van der Waals surface area contributed by atoms with E-state index in [1.54, 1.807) is 31.2 Å². The van der Waals surface area contributed by atoms with Crippen LogP contribution in [-0.4, -0.2) is 24.1 Å². The van der Waals surface area contributed by atoms with Crippen LogP contribution in [0, 0.1) is 6.92 Å². The van der Waals surface area contributed by atoms with E-state index >= 15 is 0 Å². The zero-order chi connectivity index (χ0) is 18.8. The third kappa shape index (κ3) is 3.27. The fourth-order valence-corrected chi connectivity index (χ4v) is 2.47. The Kier molecular flexibility index (Phi) is 4.45. The molecule has 26 heavy (non-hydrogen) atoms. The highest BCUT2D eigenvalue weighted by Crippen LogP contribution is 2.22. The smallest absolute Gasteiger partial charge is 0.349 e. The number of carbonyl (C=O) groups is 2. The largest absolute Gasteiger partial charge is 0.497 e. The van der Waals surface area contributed by atoms with E-state index in [1.165, 1.54) is 25.3 Å². The summed E-state index contributed by atoms with van der Waals surface area (Å²) >= 11 is 0. The summed E-state index contributed by atoms with van der Waals surface area (Å²) in [5.41, 5.74) is 0.353. The lowest BCUT2D eigenvalue weighted by Gasteiger charge is -2.09. The molecule has 132 valence electrons. The lowest BCUT2D eigenvalue weighted by atomic mass is 10.1. The topological polar surface area (TPSA) is 106 Å². The number of carboxylic acid groups (broad SMARTS) is 1. The summed E-state index contributed by atoms with van der Waals surface area (Å²) < 4.78 is 10.3. The van der Waals surface area contributed by atoms with E-state index in [2.05, 4.69) is 5.32 Å². The van der Waals surface area contributed by atoms with Crippen molar-refractivity contribution in [3.8, 4) is 5.75 Å². The molecule has 1 heterocycles. The third-order valence-electron chi connectivity index (χ3n) is 3.92. The minimum Gasteiger partial charge on any atom is -0.497 e. The van der Waals surface area contributed by atoms with Gasteiger partial charge in [0.25, 0.3) is 5.91 Å². The molecule has 0 atom stereocenters. The molecule has 0 aliphatic heterocycles. The van der Waals surface area contributed by atoms with Crippen LogP contribution in [0.25, 0.3) is 11.0 Å². The Morgan fingerprint density at radius 2 is 1.88 bits per heavy atom. The minimum absolute atomic E-state index is 0.0289. The van der Waals surface area contributed by atoms with E-state index < -0.39 is 17.5 Å². The monoisotopic (exact) mass is 353 g/mol. The van der Waals surface area contributed by atoms with Crippen molar-refractivity contribution in [2.45, 2.75) is 6.92 Å². The maximum atomic E-state index is 12.5. The van der Waals surface area contributed by atoms with Crippen LogP contribution in [0.4, 0.5) is 5.69 Å². The number of carboxylic acids is 1. The summed E-state index contributed by atoms with van der Waals surface area (Å²) in [5, 5.41) is 12.2. The molecule has 0 spiro atoms. The highest BCUT2D eigenvalue weighted by molar-refractivity contribution is 6.06. The molecule has 0 aliphatic rings. The van der Waals surface area contributed by atoms with Gasteiger partial charge in [-0.1, -0.05) is 6.07 Å². The third-order valence-corrected chi connectivity index (χ3v) is 3.92. The van der Waals surface area contributed by atoms with Crippen molar-refractivity contribution >= 4 is 28.5 Å². The summed E-state index contributed by atoms with van der Waals surface area (Å²) in [4.78, 5) is 35.7. The predicted molar refractivity (Wildman–Crippen MR) is 95.1 cm³/mol. The van der Waals surface area contributed by atoms with Crippen LogP contribution in [0.15, 0.2) is 51.7 Å². The number of methoxy groups -OCH3 is 1. The molecule has 1 aromatic heterocycles. The molecule has 0 saturated heterocycles. The molecular formula is C19H15NO6. The normalized spacial score (nSPS) is 10.5. The first-order chi connectivity index (χ1) is 12.4. The molecular weight excluding hydrogens is 338 g/mol. The maximum Gasteiger partial charge on any atom is 0.349 e. The van der Waals surface area contributed by atoms with Gasteiger partial charge in [-0.3, -0.25) is 4.79 Å². The average molecular weight is 353 g/mol. The van der Waals surface area contributed by atoms with E-state index in [0.717, 1.165) is 0 Å². The zero-order valence-corrected chi connectivity index (χ0v) is 14.0. The number of rotatable bonds is 4. The molecule has 0 fully saturated rings. The van der Waals surface area contributed by atoms with Gasteiger partial charge in [0.2, 0.25) is 0 Å². The fraction of sp³-hybridized carbons (Fsp3) is 0.105. The molecule has 3 aromatic rings. The van der Waals surface area contributed by atoms with Gasteiger partial charge < -0.3 is 19.6 Å². The van der Waals surface area contributed by atoms with Gasteiger partial charge in [-0.15, -0.1) is 0 Å². The van der Waals surface area contributed by atoms with Crippen LogP contribution < -0.4 is 15.7 Å². The maximum absolute atomic E-state index is 12.5. The van der Waals surface area contributed by atoms with E-state index in [-0.39, 0.29) is 11.1 Å². The summed E-state index contributed by atoms with van der Waals surface area (Å²) in [6.45, 7) is 1.72. The Labute approximate surface area is 147 Å². The van der Waals surface area contributed by atoms with Crippen LogP contribution in [0.3, 0.4) is 0 Å². The van der Waals surface area contributed by atoms with Gasteiger partial charge in [0, 0.05) is 11.1 Å². The summed E-state index contributed by atoms with van der Waals surface area (Å²) in [5.74, 6) is -1.24. The number of fused-ring (bicyclic) bond motifs is 1. The number of ether oxygens (including phenoxy) is 1. The molecule has 0 bridgehead atoms. The Morgan fingerprint density at radius 1 is 1.12 bits per heavy atom. The van der Waals surface area contributed by atoms with Gasteiger partial charge in [-0.05, 0) is 48.9 Å². The number of aromatic carboxylic acids is 1. The molecule has 0 aliphatic carbocycles. The number of anilines is 1. The summed E-state index contributed by atoms with van der Waals surface area (Å²) in [6.07, 6.45) is 0. The van der Waals surface area contributed by atoms with Gasteiger partial charge in [-0.2, -0.15) is 0 Å². The van der Waals surface area contributed by atoms with Crippen molar-refractivity contribution < 1.29 is 23.8 Å². The average Bonchev–Trinajstić information content (AvgIpc) is 2.62. The lowest BCUT2D eigenvalue weighted by Crippen LogP contribution is -2.21. The SMILES string of the molecule is COc1ccc2oc(=O)c(C(=O)Nc3cc(C(=O)O)ccc3C)cc2c1. The Morgan fingerprint density at radius 3 is 2.58 bits per heavy atom. The Bertz CT molecular complexity index is 1080. The number of carbonyl (C=O) groups excluding carboxylic acids is 1. The van der Waals surface area contributed by atoms with Gasteiger partial charge in [0.05, 0.1) is 12.7 Å². The van der Waals surface area contributed by atoms with E-state index in [9.17, 15) is 14.4 Å². The van der Waals surface area contributed by atoms with Crippen LogP contribution in [0.1, 0.15) is 26.3 Å². The molecule has 2 N–H and O–H groups in total. The Hall–Kier alpha value is -3.61. The molecule has 0 saturated carbocycles. The second kappa shape index (κ2) is 6.72. The van der Waals surface area contributed by atoms with Crippen molar-refractivity contribution in [3.63, 3.8) is 0 Å². The van der Waals surface area contributed by atoms with Crippen LogP contribution in [0.5, 0.6) is 5.75 Å². The summed E-state index contributed by atoms with van der Waals surface area (Å²) in [6, 6.07) is 10.6. The zero-order valence-electron chi connectivity index (χ0n) is 14.0. The van der Waals surface area contributed by atoms with Gasteiger partial charge in [0.1, 0.15) is 16.9 Å². The molecule has 7 nitrogen and oxygen atoms in total. The molecule has 7 heteroatoms. The number of amides is 1. The first-order valence-electron chi connectivity index (χ1n) is 7.66. The molecule has 3 rings (SSSR count). The fourth-order valence-electron chi connectivity index (χ4n) is 2.47. The standard InChI is InChI=1S/C19H15NO6/c1-10-3-4-11(18(22)23)9-15(10)20-17(21)14-8-12-7-13(25-2)5-6-16(12)26-19(14)24/h3-9H,1-2H3,(H,20,21)(H,22,23). The van der Waals surface area contributed by atoms with Crippen molar-refractivity contribution in [1.82, 2.24) is 0 Å². The number of benzene rings is 2. The predicted octanol–water partition coefficient (Wildman–Crippen LogP) is 3.06. The molecule has 0 radical (unpaired) electrons. The lowest BCUT2D eigenvalue weighted by molar-refractivity contribution is 0.0696. The second-order valence-corrected chi connectivity index (χ2v) is 5.64. The quantitative estimate of drug-likeness (QED) is 0.698. The molecule has 0 unspecified atom stereocenters. The molecule has 2 aromatic carbocycles. The number of nitrogens with one attached hydrogen (secondary N) is 1. The Balaban J connectivity index is 2.00. The van der Waals surface area contributed by atoms with Crippen molar-refractivity contribution in [1.29, 1.82) is 0 Å². The van der Waals surface area contributed by atoms with Crippen LogP contribution >= 0.6 is 0 Å². The molecule has 1 amide bonds. The van der Waals surface area contributed by atoms with Gasteiger partial charge in [-0.25, -0.2) is 9.59 Å². The van der Waals surface area contributed by atoms with Crippen molar-refractivity contribution in [2.75, 3.05) is 12.4 Å². The summed E-state index contributed by atoms with van der Waals surface area (Å²) in [7, 11) is 1.51. The number of aryl methyl sites for hydroxylation is 1. The minimum atomic E-state index is -1.11. The van der Waals surface area contributed by atoms with Crippen LogP contribution in [0.2, 0.25) is 0 Å². The van der Waals surface area contributed by atoms with E-state index in [1.807, 2.05) is 0 Å². The van der Waals surface area contributed by atoms with Crippen molar-refractivity contribution in [3.05, 3.63) is 69.6 Å². The van der Waals surface area contributed by atoms with E-state index in [0.29, 0.717) is 28.0 Å². The highest BCUT2D eigenvalue weighted by atomic mass is 16.5. The van der Waals surface area contributed by atoms with E-state index in [4.69, 9.17) is 14.3 Å².